The second-order valence-electron chi connectivity index (χ2n) is 7.61. The summed E-state index contributed by atoms with van der Waals surface area (Å²) in [4.78, 5) is 24.4. The number of rotatable bonds is 4. The Kier molecular flexibility index (Phi) is 3.47. The summed E-state index contributed by atoms with van der Waals surface area (Å²) < 4.78 is 25.4. The normalized spacial score (nSPS) is 31.7. The zero-order valence-electron chi connectivity index (χ0n) is 13.9. The zero-order valence-corrected chi connectivity index (χ0v) is 15.7. The fourth-order valence-corrected chi connectivity index (χ4v) is 6.57. The van der Waals surface area contributed by atoms with Crippen LogP contribution in [0.3, 0.4) is 0 Å². The van der Waals surface area contributed by atoms with E-state index in [-0.39, 0.29) is 13.0 Å². The lowest BCUT2D eigenvalue weighted by molar-refractivity contribution is -0.157. The molecule has 1 amide bonds. The highest BCUT2D eigenvalue weighted by molar-refractivity contribution is 7.93. The molecular weight excluding hydrogens is 352 g/mol. The Labute approximate surface area is 140 Å². The number of hydrogen-bond donors (Lipinski definition) is 1. The van der Waals surface area contributed by atoms with Gasteiger partial charge < -0.3 is 10.0 Å². The van der Waals surface area contributed by atoms with E-state index in [1.54, 1.807) is 6.20 Å². The molecule has 9 nitrogen and oxygen atoms in total. The van der Waals surface area contributed by atoms with Crippen LogP contribution in [0.15, 0.2) is 6.20 Å². The van der Waals surface area contributed by atoms with Gasteiger partial charge in [0, 0.05) is 6.20 Å². The van der Waals surface area contributed by atoms with Crippen molar-refractivity contribution in [2.75, 3.05) is 0 Å². The van der Waals surface area contributed by atoms with Gasteiger partial charge in [-0.15, -0.1) is 5.10 Å². The predicted octanol–water partition coefficient (Wildman–Crippen LogP) is -0.978. The van der Waals surface area contributed by atoms with Crippen LogP contribution in [0.2, 0.25) is 19.6 Å². The third kappa shape index (κ3) is 2.14. The maximum Gasteiger partial charge on any atom is 0.328 e. The van der Waals surface area contributed by atoms with Crippen molar-refractivity contribution in [3.8, 4) is 0 Å². The number of sulfone groups is 1. The van der Waals surface area contributed by atoms with Crippen molar-refractivity contribution >= 4 is 35.1 Å². The monoisotopic (exact) mass is 372 g/mol. The molecule has 3 atom stereocenters. The van der Waals surface area contributed by atoms with Crippen molar-refractivity contribution in [2.24, 2.45) is 0 Å². The number of nitrogens with zero attached hydrogens (tertiary/aromatic N) is 4. The van der Waals surface area contributed by atoms with E-state index in [1.807, 2.05) is 0 Å². The van der Waals surface area contributed by atoms with Crippen LogP contribution in [-0.4, -0.2) is 69.5 Å². The third-order valence-electron chi connectivity index (χ3n) is 4.83. The largest absolute Gasteiger partial charge is 0.480 e. The minimum Gasteiger partial charge on any atom is -0.480 e. The molecule has 2 aliphatic heterocycles. The summed E-state index contributed by atoms with van der Waals surface area (Å²) in [5.41, 5.74) is 0. The quantitative estimate of drug-likeness (QED) is 0.532. The molecule has 0 bridgehead atoms. The highest BCUT2D eigenvalue weighted by Gasteiger charge is 2.70. The third-order valence-corrected chi connectivity index (χ3v) is 9.36. The van der Waals surface area contributed by atoms with Crippen LogP contribution in [0.5, 0.6) is 0 Å². The molecule has 11 heteroatoms. The Morgan fingerprint density at radius 1 is 1.46 bits per heavy atom. The molecule has 0 saturated carbocycles. The summed E-state index contributed by atoms with van der Waals surface area (Å²) in [7, 11) is -5.55. The standard InChI is InChI=1S/C13H20N4O5SSi/c1-13(7-16-6-8(14-15-16)24(2,3)4)11(12(19)20)17-9(18)5-10(17)23(13,21)22/h6,10-11H,5,7H2,1-4H3,(H,19,20)/t10-,11-,13-/m0/s1. The van der Waals surface area contributed by atoms with Crippen molar-refractivity contribution in [3.63, 3.8) is 0 Å². The maximum absolute atomic E-state index is 12.8. The summed E-state index contributed by atoms with van der Waals surface area (Å²) in [6, 6.07) is -1.41. The number of aliphatic carboxylic acids is 1. The maximum atomic E-state index is 12.8. The Bertz CT molecular complexity index is 830. The van der Waals surface area contributed by atoms with Crippen molar-refractivity contribution in [1.82, 2.24) is 19.9 Å². The molecule has 3 rings (SSSR count). The van der Waals surface area contributed by atoms with Gasteiger partial charge in [0.1, 0.15) is 18.2 Å². The van der Waals surface area contributed by atoms with Gasteiger partial charge in [0.25, 0.3) is 0 Å². The second kappa shape index (κ2) is 4.88. The number of carboxylic acids is 1. The Morgan fingerprint density at radius 2 is 2.08 bits per heavy atom. The van der Waals surface area contributed by atoms with Crippen LogP contribution in [0, 0.1) is 0 Å². The number of hydrogen-bond acceptors (Lipinski definition) is 6. The van der Waals surface area contributed by atoms with Gasteiger partial charge in [-0.25, -0.2) is 13.2 Å². The average molecular weight is 372 g/mol. The minimum atomic E-state index is -3.83. The molecule has 132 valence electrons. The molecular formula is C13H20N4O5SSi. The lowest BCUT2D eigenvalue weighted by Crippen LogP contribution is -2.58. The van der Waals surface area contributed by atoms with Gasteiger partial charge in [0.15, 0.2) is 15.9 Å². The summed E-state index contributed by atoms with van der Waals surface area (Å²) in [5.74, 6) is -1.76. The minimum absolute atomic E-state index is 0.149. The van der Waals surface area contributed by atoms with Crippen LogP contribution < -0.4 is 5.32 Å². The van der Waals surface area contributed by atoms with E-state index in [2.05, 4.69) is 30.0 Å². The van der Waals surface area contributed by atoms with Gasteiger partial charge in [-0.2, -0.15) is 0 Å². The number of carboxylic acid groups (broad SMARTS) is 1. The molecule has 0 spiro atoms. The van der Waals surface area contributed by atoms with Crippen LogP contribution in [0.25, 0.3) is 0 Å². The number of fused-ring (bicyclic) bond motifs is 1. The predicted molar refractivity (Wildman–Crippen MR) is 87.0 cm³/mol. The van der Waals surface area contributed by atoms with Crippen molar-refractivity contribution < 1.29 is 23.1 Å². The number of carbonyl (C=O) groups is 2. The molecule has 2 saturated heterocycles. The molecule has 0 aromatic carbocycles. The number of aromatic nitrogens is 3. The second-order valence-corrected chi connectivity index (χ2v) is 15.2. The van der Waals surface area contributed by atoms with Crippen LogP contribution in [0.1, 0.15) is 13.3 Å². The van der Waals surface area contributed by atoms with E-state index in [1.165, 1.54) is 11.6 Å². The fraction of sp³-hybridized carbons (Fsp3) is 0.692. The van der Waals surface area contributed by atoms with Crippen LogP contribution in [-0.2, 0) is 26.0 Å². The first-order valence-corrected chi connectivity index (χ1v) is 12.6. The Hall–Kier alpha value is -1.75. The lowest BCUT2D eigenvalue weighted by atomic mass is 9.96. The summed E-state index contributed by atoms with van der Waals surface area (Å²) in [5, 5.41) is 17.4. The fourth-order valence-electron chi connectivity index (χ4n) is 3.33. The van der Waals surface area contributed by atoms with Crippen LogP contribution >= 0.6 is 0 Å². The Balaban J connectivity index is 2.02. The first kappa shape index (κ1) is 17.1. The smallest absolute Gasteiger partial charge is 0.328 e. The van der Waals surface area contributed by atoms with E-state index in [9.17, 15) is 23.1 Å². The van der Waals surface area contributed by atoms with Gasteiger partial charge >= 0.3 is 5.97 Å². The molecule has 0 unspecified atom stereocenters. The van der Waals surface area contributed by atoms with E-state index < -0.39 is 46.0 Å². The van der Waals surface area contributed by atoms with E-state index >= 15 is 0 Å². The van der Waals surface area contributed by atoms with Gasteiger partial charge in [0.05, 0.1) is 18.3 Å². The molecule has 1 N–H and O–H groups in total. The number of β-lactam (4-membered cyclic amide) rings is 1. The van der Waals surface area contributed by atoms with Crippen molar-refractivity contribution in [2.45, 2.75) is 55.7 Å². The lowest BCUT2D eigenvalue weighted by Gasteiger charge is -2.35. The average Bonchev–Trinajstić information content (AvgIpc) is 2.93. The SMILES string of the molecule is C[C@]1(Cn2cc([Si](C)(C)C)nn2)[C@H](C(=O)O)N2C(=O)C[C@@H]2S1(=O)=O. The zero-order chi connectivity index (χ0) is 18.1. The van der Waals surface area contributed by atoms with E-state index in [0.717, 1.165) is 10.2 Å². The number of carbonyl (C=O) groups excluding carboxylic acids is 1. The highest BCUT2D eigenvalue weighted by Crippen LogP contribution is 2.46. The highest BCUT2D eigenvalue weighted by atomic mass is 32.2. The molecule has 1 aromatic heterocycles. The first-order chi connectivity index (χ1) is 10.9. The van der Waals surface area contributed by atoms with Gasteiger partial charge in [-0.1, -0.05) is 24.9 Å². The molecule has 0 aliphatic carbocycles. The van der Waals surface area contributed by atoms with Crippen molar-refractivity contribution in [3.05, 3.63) is 6.20 Å². The van der Waals surface area contributed by atoms with Crippen LogP contribution in [0.4, 0.5) is 0 Å². The topological polar surface area (TPSA) is 122 Å². The number of amides is 1. The summed E-state index contributed by atoms with van der Waals surface area (Å²) in [6.07, 6.45) is 1.53. The molecule has 3 heterocycles. The van der Waals surface area contributed by atoms with Crippen molar-refractivity contribution in [1.29, 1.82) is 0 Å². The first-order valence-electron chi connectivity index (χ1n) is 7.57. The molecule has 0 radical (unpaired) electrons. The summed E-state index contributed by atoms with van der Waals surface area (Å²) >= 11 is 0. The molecule has 24 heavy (non-hydrogen) atoms. The van der Waals surface area contributed by atoms with Gasteiger partial charge in [0.2, 0.25) is 5.91 Å². The molecule has 1 aromatic rings. The summed E-state index contributed by atoms with van der Waals surface area (Å²) in [6.45, 7) is 7.48. The van der Waals surface area contributed by atoms with Gasteiger partial charge in [-0.3, -0.25) is 9.48 Å². The van der Waals surface area contributed by atoms with Gasteiger partial charge in [-0.05, 0) is 6.92 Å². The van der Waals surface area contributed by atoms with E-state index in [4.69, 9.17) is 0 Å². The molecule has 2 fully saturated rings. The molecule has 2 aliphatic rings. The Morgan fingerprint density at radius 3 is 2.54 bits per heavy atom. The van der Waals surface area contributed by atoms with E-state index in [0.29, 0.717) is 0 Å².